The van der Waals surface area contributed by atoms with Crippen molar-refractivity contribution in [3.05, 3.63) is 35.0 Å². The highest BCUT2D eigenvalue weighted by molar-refractivity contribution is 5.85. The molecule has 1 aliphatic rings. The van der Waals surface area contributed by atoms with Crippen molar-refractivity contribution in [1.82, 2.24) is 4.98 Å². The van der Waals surface area contributed by atoms with E-state index in [4.69, 9.17) is 0 Å². The topological polar surface area (TPSA) is 15.8 Å². The lowest BCUT2D eigenvalue weighted by Crippen LogP contribution is -2.00. The van der Waals surface area contributed by atoms with Gasteiger partial charge < -0.3 is 4.98 Å². The molecule has 0 amide bonds. The van der Waals surface area contributed by atoms with E-state index in [1.807, 2.05) is 0 Å². The Labute approximate surface area is 86.1 Å². The summed E-state index contributed by atoms with van der Waals surface area (Å²) in [5.74, 6) is -1.53. The van der Waals surface area contributed by atoms with Crippen molar-refractivity contribution in [3.8, 4) is 0 Å². The van der Waals surface area contributed by atoms with Gasteiger partial charge in [0.1, 0.15) is 0 Å². The Morgan fingerprint density at radius 3 is 2.60 bits per heavy atom. The predicted molar refractivity (Wildman–Crippen MR) is 54.9 cm³/mol. The lowest BCUT2D eigenvalue weighted by atomic mass is 9.96. The Balaban J connectivity index is 2.33. The van der Waals surface area contributed by atoms with Gasteiger partial charge in [-0.3, -0.25) is 0 Å². The molecule has 15 heavy (non-hydrogen) atoms. The van der Waals surface area contributed by atoms with Crippen molar-refractivity contribution in [2.75, 3.05) is 0 Å². The van der Waals surface area contributed by atoms with Crippen molar-refractivity contribution < 1.29 is 8.78 Å². The maximum Gasteiger partial charge on any atom is 0.160 e. The van der Waals surface area contributed by atoms with E-state index >= 15 is 0 Å². The molecule has 1 aliphatic carbocycles. The lowest BCUT2D eigenvalue weighted by Gasteiger charge is -2.10. The molecule has 1 aromatic carbocycles. The maximum absolute atomic E-state index is 13.1. The number of nitrogens with one attached hydrogen (secondary N) is 1. The van der Waals surface area contributed by atoms with Gasteiger partial charge >= 0.3 is 0 Å². The number of aryl methyl sites for hydroxylation is 2. The normalized spacial score (nSPS) is 15.6. The highest BCUT2D eigenvalue weighted by Crippen LogP contribution is 2.30. The zero-order valence-corrected chi connectivity index (χ0v) is 8.24. The van der Waals surface area contributed by atoms with Gasteiger partial charge in [0, 0.05) is 22.7 Å². The highest BCUT2D eigenvalue weighted by atomic mass is 19.2. The number of halogens is 2. The Morgan fingerprint density at radius 1 is 1.00 bits per heavy atom. The smallest absolute Gasteiger partial charge is 0.160 e. The van der Waals surface area contributed by atoms with Crippen molar-refractivity contribution in [1.29, 1.82) is 0 Å². The molecule has 0 bridgehead atoms. The van der Waals surface area contributed by atoms with E-state index in [0.29, 0.717) is 0 Å². The first-order valence-corrected chi connectivity index (χ1v) is 5.24. The van der Waals surface area contributed by atoms with Crippen LogP contribution in [0, 0.1) is 11.6 Å². The van der Waals surface area contributed by atoms with E-state index in [0.717, 1.165) is 42.3 Å². The van der Waals surface area contributed by atoms with Crippen LogP contribution < -0.4 is 0 Å². The monoisotopic (exact) mass is 207 g/mol. The molecule has 0 unspecified atom stereocenters. The molecule has 2 aromatic rings. The summed E-state index contributed by atoms with van der Waals surface area (Å²) in [6, 6.07) is 2.56. The van der Waals surface area contributed by atoms with Gasteiger partial charge in [0.15, 0.2) is 11.6 Å². The Kier molecular flexibility index (Phi) is 1.81. The minimum atomic E-state index is -0.777. The van der Waals surface area contributed by atoms with Crippen LogP contribution in [0.4, 0.5) is 8.78 Å². The van der Waals surface area contributed by atoms with Crippen LogP contribution in [-0.4, -0.2) is 4.98 Å². The van der Waals surface area contributed by atoms with Gasteiger partial charge in [0.25, 0.3) is 0 Å². The SMILES string of the molecule is Fc1cc2[nH]c3c(c2cc1F)CCCC3. The fourth-order valence-electron chi connectivity index (χ4n) is 2.40. The molecule has 3 rings (SSSR count). The minimum Gasteiger partial charge on any atom is -0.358 e. The third-order valence-electron chi connectivity index (χ3n) is 3.14. The summed E-state index contributed by atoms with van der Waals surface area (Å²) in [6.07, 6.45) is 4.26. The average Bonchev–Trinajstić information content (AvgIpc) is 2.57. The fraction of sp³-hybridized carbons (Fsp3) is 0.333. The zero-order chi connectivity index (χ0) is 10.4. The molecule has 0 fully saturated rings. The summed E-state index contributed by atoms with van der Waals surface area (Å²) in [5.41, 5.74) is 3.05. The average molecular weight is 207 g/mol. The second-order valence-corrected chi connectivity index (χ2v) is 4.10. The first kappa shape index (κ1) is 8.89. The lowest BCUT2D eigenvalue weighted by molar-refractivity contribution is 0.511. The quantitative estimate of drug-likeness (QED) is 0.682. The Morgan fingerprint density at radius 2 is 1.73 bits per heavy atom. The van der Waals surface area contributed by atoms with Crippen molar-refractivity contribution in [3.63, 3.8) is 0 Å². The third kappa shape index (κ3) is 1.26. The summed E-state index contributed by atoms with van der Waals surface area (Å²) in [6.45, 7) is 0. The third-order valence-corrected chi connectivity index (χ3v) is 3.14. The van der Waals surface area contributed by atoms with E-state index in [9.17, 15) is 8.78 Å². The van der Waals surface area contributed by atoms with Gasteiger partial charge in [0.2, 0.25) is 0 Å². The number of aromatic nitrogens is 1. The van der Waals surface area contributed by atoms with Gasteiger partial charge in [-0.05, 0) is 37.3 Å². The van der Waals surface area contributed by atoms with Crippen molar-refractivity contribution in [2.45, 2.75) is 25.7 Å². The molecular weight excluding hydrogens is 196 g/mol. The molecule has 0 atom stereocenters. The zero-order valence-electron chi connectivity index (χ0n) is 8.24. The molecule has 0 aliphatic heterocycles. The predicted octanol–water partition coefficient (Wildman–Crippen LogP) is 3.32. The van der Waals surface area contributed by atoms with Crippen LogP contribution in [0.2, 0.25) is 0 Å². The molecule has 0 spiro atoms. The summed E-state index contributed by atoms with van der Waals surface area (Å²) in [5, 5.41) is 0.851. The van der Waals surface area contributed by atoms with E-state index in [2.05, 4.69) is 4.98 Å². The second kappa shape index (κ2) is 3.05. The number of aromatic amines is 1. The Bertz CT molecular complexity index is 528. The molecular formula is C12H11F2N. The molecule has 1 aromatic heterocycles. The largest absolute Gasteiger partial charge is 0.358 e. The van der Waals surface area contributed by atoms with E-state index in [1.165, 1.54) is 17.7 Å². The number of hydrogen-bond donors (Lipinski definition) is 1. The minimum absolute atomic E-state index is 0.723. The standard InChI is InChI=1S/C12H11F2N/c13-9-5-8-7-3-1-2-4-11(7)15-12(8)6-10(9)14/h5-6,15H,1-4H2. The van der Waals surface area contributed by atoms with E-state index < -0.39 is 11.6 Å². The maximum atomic E-state index is 13.1. The molecule has 1 nitrogen and oxygen atoms in total. The summed E-state index contributed by atoms with van der Waals surface area (Å²) in [7, 11) is 0. The first-order chi connectivity index (χ1) is 7.25. The molecule has 3 heteroatoms. The van der Waals surface area contributed by atoms with Crippen LogP contribution in [0.15, 0.2) is 12.1 Å². The summed E-state index contributed by atoms with van der Waals surface area (Å²) < 4.78 is 26.1. The van der Waals surface area contributed by atoms with E-state index in [1.54, 1.807) is 0 Å². The number of hydrogen-bond acceptors (Lipinski definition) is 0. The Hall–Kier alpha value is -1.38. The number of fused-ring (bicyclic) bond motifs is 3. The van der Waals surface area contributed by atoms with Gasteiger partial charge in [-0.25, -0.2) is 8.78 Å². The first-order valence-electron chi connectivity index (χ1n) is 5.24. The molecule has 1 heterocycles. The summed E-state index contributed by atoms with van der Waals surface area (Å²) in [4.78, 5) is 3.18. The van der Waals surface area contributed by atoms with Gasteiger partial charge in [-0.2, -0.15) is 0 Å². The van der Waals surface area contributed by atoms with Crippen molar-refractivity contribution >= 4 is 10.9 Å². The number of benzene rings is 1. The summed E-state index contributed by atoms with van der Waals surface area (Å²) >= 11 is 0. The van der Waals surface area contributed by atoms with Crippen LogP contribution >= 0.6 is 0 Å². The van der Waals surface area contributed by atoms with Gasteiger partial charge in [-0.15, -0.1) is 0 Å². The molecule has 1 N–H and O–H groups in total. The van der Waals surface area contributed by atoms with Crippen LogP contribution in [0.3, 0.4) is 0 Å². The molecule has 0 saturated heterocycles. The van der Waals surface area contributed by atoms with Crippen LogP contribution in [0.25, 0.3) is 10.9 Å². The highest BCUT2D eigenvalue weighted by Gasteiger charge is 2.16. The van der Waals surface area contributed by atoms with Crippen LogP contribution in [0.5, 0.6) is 0 Å². The molecule has 0 radical (unpaired) electrons. The van der Waals surface area contributed by atoms with Crippen LogP contribution in [0.1, 0.15) is 24.1 Å². The number of rotatable bonds is 0. The van der Waals surface area contributed by atoms with E-state index in [-0.39, 0.29) is 0 Å². The molecule has 0 saturated carbocycles. The molecule has 78 valence electrons. The van der Waals surface area contributed by atoms with Gasteiger partial charge in [-0.1, -0.05) is 0 Å². The second-order valence-electron chi connectivity index (χ2n) is 4.10. The van der Waals surface area contributed by atoms with Crippen molar-refractivity contribution in [2.24, 2.45) is 0 Å². The number of H-pyrrole nitrogens is 1. The van der Waals surface area contributed by atoms with Crippen LogP contribution in [-0.2, 0) is 12.8 Å². The fourth-order valence-corrected chi connectivity index (χ4v) is 2.40. The van der Waals surface area contributed by atoms with Gasteiger partial charge in [0.05, 0.1) is 0 Å².